The van der Waals surface area contributed by atoms with E-state index in [4.69, 9.17) is 0 Å². The second-order valence-electron chi connectivity index (χ2n) is 4.52. The molecule has 0 N–H and O–H groups in total. The molecule has 0 aliphatic rings. The molecule has 1 aromatic rings. The van der Waals surface area contributed by atoms with Gasteiger partial charge in [-0.15, -0.1) is 6.32 Å². The van der Waals surface area contributed by atoms with E-state index < -0.39 is 0 Å². The number of rotatable bonds is 8. The lowest BCUT2D eigenvalue weighted by atomic mass is 9.85. The van der Waals surface area contributed by atoms with Crippen LogP contribution in [0.25, 0.3) is 0 Å². The van der Waals surface area contributed by atoms with Crippen molar-refractivity contribution >= 4 is 14.8 Å². The van der Waals surface area contributed by atoms with Gasteiger partial charge in [0.15, 0.2) is 13.7 Å². The molecule has 0 fully saturated rings. The fourth-order valence-corrected chi connectivity index (χ4v) is 1.98. The van der Waals surface area contributed by atoms with Crippen LogP contribution in [-0.4, -0.2) is 19.3 Å². The molecule has 15 heavy (non-hydrogen) atoms. The highest BCUT2D eigenvalue weighted by molar-refractivity contribution is 6.33. The molecule has 0 bridgehead atoms. The van der Waals surface area contributed by atoms with Crippen molar-refractivity contribution in [1.82, 2.24) is 4.48 Å². The van der Waals surface area contributed by atoms with E-state index >= 15 is 0 Å². The van der Waals surface area contributed by atoms with E-state index in [9.17, 15) is 0 Å². The minimum Gasteiger partial charge on any atom is -0.443 e. The van der Waals surface area contributed by atoms with Gasteiger partial charge in [-0.2, -0.15) is 0 Å². The lowest BCUT2D eigenvalue weighted by Gasteiger charge is -2.01. The van der Waals surface area contributed by atoms with Gasteiger partial charge in [-0.25, -0.2) is 0 Å². The third kappa shape index (κ3) is 5.10. The molecule has 0 aromatic carbocycles. The molecular weight excluding hydrogens is 182 g/mol. The van der Waals surface area contributed by atoms with Crippen molar-refractivity contribution in [3.63, 3.8) is 0 Å². The molecule has 1 heterocycles. The van der Waals surface area contributed by atoms with Crippen molar-refractivity contribution in [3.8, 4) is 0 Å². The predicted molar refractivity (Wildman–Crippen MR) is 69.2 cm³/mol. The Morgan fingerprint density at radius 1 is 1.27 bits per heavy atom. The van der Waals surface area contributed by atoms with Crippen LogP contribution in [0.5, 0.6) is 0 Å². The third-order valence-corrected chi connectivity index (χ3v) is 2.98. The first-order chi connectivity index (χ1) is 7.36. The average molecular weight is 205 g/mol. The van der Waals surface area contributed by atoms with Gasteiger partial charge >= 0.3 is 7.41 Å². The summed E-state index contributed by atoms with van der Waals surface area (Å²) in [6.07, 6.45) is 14.5. The van der Waals surface area contributed by atoms with Crippen LogP contribution in [0.3, 0.4) is 0 Å². The minimum absolute atomic E-state index is 0.0667. The Hall–Kier alpha value is -0.660. The first kappa shape index (κ1) is 12.4. The van der Waals surface area contributed by atoms with E-state index in [1.165, 1.54) is 38.3 Å². The van der Waals surface area contributed by atoms with Gasteiger partial charge in [-0.3, -0.25) is 0 Å². The molecule has 0 saturated carbocycles. The minimum atomic E-state index is 0.0667. The van der Waals surface area contributed by atoms with Crippen LogP contribution in [0.4, 0.5) is 0 Å². The average Bonchev–Trinajstić information content (AvgIpc) is 2.67. The fraction of sp³-hybridized carbons (Fsp3) is 0.727. The monoisotopic (exact) mass is 205 g/mol. The predicted octanol–water partition coefficient (Wildman–Crippen LogP) is 1.61. The Morgan fingerprint density at radius 2 is 2.07 bits per heavy atom. The van der Waals surface area contributed by atoms with E-state index in [2.05, 4.69) is 48.9 Å². The van der Waals surface area contributed by atoms with Gasteiger partial charge < -0.3 is 8.96 Å². The number of hydrogen-bond donors (Lipinski definition) is 0. The molecule has 0 amide bonds. The lowest BCUT2D eigenvalue weighted by Crippen LogP contribution is -2.37. The van der Waals surface area contributed by atoms with Crippen LogP contribution in [0.15, 0.2) is 18.7 Å². The highest BCUT2D eigenvalue weighted by Gasteiger charge is 2.02. The van der Waals surface area contributed by atoms with E-state index in [1.54, 1.807) is 0 Å². The Balaban J connectivity index is 2.23. The molecule has 0 aliphatic carbocycles. The number of imidazole rings is 1. The first-order valence-electron chi connectivity index (χ1n) is 6.60. The smallest absolute Gasteiger partial charge is 0.396 e. The molecule has 0 unspecified atom stereocenters. The Morgan fingerprint density at radius 3 is 2.80 bits per heavy atom. The van der Waals surface area contributed by atoms with Gasteiger partial charge in [0.2, 0.25) is 0 Å². The molecule has 83 valence electrons. The molecule has 1 rings (SSSR count). The van der Waals surface area contributed by atoms with Gasteiger partial charge in [0.05, 0.1) is 6.20 Å². The summed E-state index contributed by atoms with van der Waals surface area (Å²) in [7, 11) is 2.35. The van der Waals surface area contributed by atoms with E-state index in [1.807, 2.05) is 0 Å². The van der Waals surface area contributed by atoms with Gasteiger partial charge in [0, 0.05) is 0 Å². The molecule has 1 radical (unpaired) electrons. The van der Waals surface area contributed by atoms with Crippen LogP contribution in [0.1, 0.15) is 39.5 Å². The van der Waals surface area contributed by atoms with Crippen LogP contribution < -0.4 is 4.48 Å². The SMILES string of the molecule is CCCC[B]n1cc[n+]([BH2-]CCCC)c1. The van der Waals surface area contributed by atoms with Crippen molar-refractivity contribution in [1.29, 1.82) is 0 Å². The quantitative estimate of drug-likeness (QED) is 0.450. The maximum absolute atomic E-state index is 2.40. The van der Waals surface area contributed by atoms with Gasteiger partial charge in [0.25, 0.3) is 0 Å². The molecule has 2 nitrogen and oxygen atoms in total. The summed E-state index contributed by atoms with van der Waals surface area (Å²) in [6, 6.07) is 0. The number of aromatic nitrogens is 2. The third-order valence-electron chi connectivity index (χ3n) is 2.98. The Kier molecular flexibility index (Phi) is 6.29. The summed E-state index contributed by atoms with van der Waals surface area (Å²) in [5.74, 6) is 0. The molecule has 4 heteroatoms. The van der Waals surface area contributed by atoms with E-state index in [0.29, 0.717) is 0 Å². The van der Waals surface area contributed by atoms with E-state index in [-0.39, 0.29) is 7.41 Å². The van der Waals surface area contributed by atoms with Gasteiger partial charge in [-0.05, 0) is 6.32 Å². The highest BCUT2D eigenvalue weighted by atomic mass is 15.0. The molecule has 0 atom stereocenters. The maximum atomic E-state index is 2.40. The van der Waals surface area contributed by atoms with Gasteiger partial charge in [0.1, 0.15) is 6.20 Å². The Labute approximate surface area is 95.2 Å². The summed E-state index contributed by atoms with van der Waals surface area (Å²) < 4.78 is 4.61. The number of unbranched alkanes of at least 4 members (excludes halogenated alkanes) is 2. The second-order valence-corrected chi connectivity index (χ2v) is 4.52. The van der Waals surface area contributed by atoms with Crippen molar-refractivity contribution in [3.05, 3.63) is 18.7 Å². The summed E-state index contributed by atoms with van der Waals surface area (Å²) >= 11 is 0. The van der Waals surface area contributed by atoms with Crippen molar-refractivity contribution < 1.29 is 4.48 Å². The van der Waals surface area contributed by atoms with Crippen LogP contribution >= 0.6 is 0 Å². The fourth-order valence-electron chi connectivity index (χ4n) is 1.98. The molecule has 0 spiro atoms. The summed E-state index contributed by atoms with van der Waals surface area (Å²) in [4.78, 5) is 0. The topological polar surface area (TPSA) is 8.81 Å². The maximum Gasteiger partial charge on any atom is 0.396 e. The molecule has 1 aromatic heterocycles. The van der Waals surface area contributed by atoms with Crippen LogP contribution in [0.2, 0.25) is 12.6 Å². The number of hydrogen-bond acceptors (Lipinski definition) is 0. The van der Waals surface area contributed by atoms with Crippen LogP contribution in [-0.2, 0) is 0 Å². The van der Waals surface area contributed by atoms with Crippen molar-refractivity contribution in [2.24, 2.45) is 0 Å². The largest absolute Gasteiger partial charge is 0.443 e. The zero-order valence-corrected chi connectivity index (χ0v) is 10.4. The summed E-state index contributed by atoms with van der Waals surface area (Å²) in [5, 5.41) is 0. The molecule has 0 aliphatic heterocycles. The van der Waals surface area contributed by atoms with Crippen molar-refractivity contribution in [2.45, 2.75) is 52.2 Å². The first-order valence-corrected chi connectivity index (χ1v) is 6.60. The summed E-state index contributed by atoms with van der Waals surface area (Å²) in [5.41, 5.74) is 0. The second kappa shape index (κ2) is 7.61. The number of nitrogens with zero attached hydrogens (tertiary/aromatic N) is 2. The molecule has 0 saturated heterocycles. The normalized spacial score (nSPS) is 10.5. The standard InChI is InChI=1S/C11H23B2N2/c1-3-5-7-12-14-9-10-15(11-14)13-8-6-4-2/h9-11H,3-8,12H2,1-2H3. The highest BCUT2D eigenvalue weighted by Crippen LogP contribution is 1.95. The van der Waals surface area contributed by atoms with Crippen molar-refractivity contribution in [2.75, 3.05) is 0 Å². The summed E-state index contributed by atoms with van der Waals surface area (Å²) in [6.45, 7) is 4.50. The molecular formula is C11H23B2N2. The van der Waals surface area contributed by atoms with Crippen LogP contribution in [0, 0.1) is 0 Å². The van der Waals surface area contributed by atoms with Gasteiger partial charge in [-0.1, -0.05) is 39.5 Å². The van der Waals surface area contributed by atoms with E-state index in [0.717, 1.165) is 0 Å². The zero-order chi connectivity index (χ0) is 10.9. The zero-order valence-electron chi connectivity index (χ0n) is 10.4. The lowest BCUT2D eigenvalue weighted by molar-refractivity contribution is -0.528. The Bertz CT molecular complexity index is 236.